The van der Waals surface area contributed by atoms with Crippen LogP contribution in [0.5, 0.6) is 0 Å². The Morgan fingerprint density at radius 2 is 1.80 bits per heavy atom. The van der Waals surface area contributed by atoms with Crippen LogP contribution in [0.25, 0.3) is 0 Å². The predicted molar refractivity (Wildman–Crippen MR) is 128 cm³/mol. The normalized spacial score (nSPS) is 32.1. The maximum Gasteiger partial charge on any atom is 0.418 e. The minimum atomic E-state index is -4.47. The van der Waals surface area contributed by atoms with E-state index >= 15 is 0 Å². The number of anilines is 4. The molecule has 7 rings (SSSR count). The molecule has 5 aliphatic rings. The number of nitrogens with one attached hydrogen (secondary N) is 3. The first-order valence-electron chi connectivity index (χ1n) is 12.5. The molecule has 5 fully saturated rings. The zero-order valence-corrected chi connectivity index (χ0v) is 19.5. The number of aliphatic hydroxyl groups is 1. The Bertz CT molecular complexity index is 1070. The summed E-state index contributed by atoms with van der Waals surface area (Å²) >= 11 is 0. The molecule has 2 aromatic rings. The first-order valence-corrected chi connectivity index (χ1v) is 12.5. The number of halogens is 3. The molecule has 2 unspecified atom stereocenters. The summed E-state index contributed by atoms with van der Waals surface area (Å²) in [7, 11) is 0. The van der Waals surface area contributed by atoms with Crippen LogP contribution in [-0.4, -0.2) is 52.9 Å². The summed E-state index contributed by atoms with van der Waals surface area (Å²) < 4.78 is 41.7. The molecule has 0 amide bonds. The Morgan fingerprint density at radius 1 is 1.06 bits per heavy atom. The third kappa shape index (κ3) is 4.53. The highest BCUT2D eigenvalue weighted by Crippen LogP contribution is 2.56. The zero-order chi connectivity index (χ0) is 24.2. The lowest BCUT2D eigenvalue weighted by molar-refractivity contribution is -0.137. The van der Waals surface area contributed by atoms with Crippen molar-refractivity contribution < 1.29 is 18.3 Å². The Balaban J connectivity index is 1.19. The summed E-state index contributed by atoms with van der Waals surface area (Å²) in [6.07, 6.45) is 1.99. The molecule has 4 bridgehead atoms. The maximum absolute atomic E-state index is 13.9. The molecule has 0 radical (unpaired) electrons. The van der Waals surface area contributed by atoms with Gasteiger partial charge in [0.15, 0.2) is 0 Å². The van der Waals surface area contributed by atoms with E-state index in [1.165, 1.54) is 6.07 Å². The molecule has 1 aromatic heterocycles. The standard InChI is InChI=1S/C25H31F3N6O/c26-25(27,28)19-11-18(1-2-20(19)34-7-5-29-6-8-34)31-23-30-4-3-21(33-23)32-22-16-9-15-10-17(22)14-24(35,12-15)13-16/h1-4,11,15-17,22,29,35H,5-10,12-14H2,(H2,30,31,32,33). The van der Waals surface area contributed by atoms with Crippen molar-refractivity contribution in [2.75, 3.05) is 41.7 Å². The second kappa shape index (κ2) is 8.51. The maximum atomic E-state index is 13.9. The number of benzene rings is 1. The second-order valence-corrected chi connectivity index (χ2v) is 10.7. The highest BCUT2D eigenvalue weighted by atomic mass is 19.4. The van der Waals surface area contributed by atoms with Crippen LogP contribution >= 0.6 is 0 Å². The van der Waals surface area contributed by atoms with Gasteiger partial charge in [-0.15, -0.1) is 0 Å². The quantitative estimate of drug-likeness (QED) is 0.506. The van der Waals surface area contributed by atoms with Gasteiger partial charge in [-0.3, -0.25) is 0 Å². The molecular weight excluding hydrogens is 457 g/mol. The lowest BCUT2D eigenvalue weighted by Gasteiger charge is -2.58. The molecule has 4 N–H and O–H groups in total. The average Bonchev–Trinajstić information content (AvgIpc) is 2.81. The van der Waals surface area contributed by atoms with Gasteiger partial charge >= 0.3 is 6.18 Å². The molecule has 188 valence electrons. The minimum absolute atomic E-state index is 0.199. The molecule has 2 atom stereocenters. The fourth-order valence-corrected chi connectivity index (χ4v) is 7.04. The van der Waals surface area contributed by atoms with Crippen LogP contribution in [0.15, 0.2) is 30.5 Å². The van der Waals surface area contributed by atoms with Crippen molar-refractivity contribution >= 4 is 23.1 Å². The molecule has 4 saturated carbocycles. The number of alkyl halides is 3. The minimum Gasteiger partial charge on any atom is -0.390 e. The van der Waals surface area contributed by atoms with Gasteiger partial charge in [-0.2, -0.15) is 18.2 Å². The number of hydrogen-bond donors (Lipinski definition) is 4. The lowest BCUT2D eigenvalue weighted by Crippen LogP contribution is -2.59. The van der Waals surface area contributed by atoms with E-state index < -0.39 is 17.3 Å². The van der Waals surface area contributed by atoms with E-state index in [0.717, 1.165) is 38.2 Å². The van der Waals surface area contributed by atoms with Gasteiger partial charge in [-0.1, -0.05) is 0 Å². The summed E-state index contributed by atoms with van der Waals surface area (Å²) in [5, 5.41) is 20.5. The highest BCUT2D eigenvalue weighted by molar-refractivity contribution is 5.65. The topological polar surface area (TPSA) is 85.3 Å². The molecule has 0 spiro atoms. The Morgan fingerprint density at radius 3 is 2.49 bits per heavy atom. The summed E-state index contributed by atoms with van der Waals surface area (Å²) in [5.41, 5.74) is -0.667. The van der Waals surface area contributed by atoms with Crippen LogP contribution < -0.4 is 20.9 Å². The molecule has 4 aliphatic carbocycles. The summed E-state index contributed by atoms with van der Waals surface area (Å²) in [6, 6.07) is 6.36. The van der Waals surface area contributed by atoms with Crippen molar-refractivity contribution in [3.63, 3.8) is 0 Å². The van der Waals surface area contributed by atoms with Crippen molar-refractivity contribution in [2.24, 2.45) is 17.8 Å². The molecule has 1 aromatic carbocycles. The monoisotopic (exact) mass is 488 g/mol. The van der Waals surface area contributed by atoms with Crippen molar-refractivity contribution in [1.29, 1.82) is 0 Å². The summed E-state index contributed by atoms with van der Waals surface area (Å²) in [5.74, 6) is 2.36. The molecular formula is C25H31F3N6O. The number of aromatic nitrogens is 2. The summed E-state index contributed by atoms with van der Waals surface area (Å²) in [6.45, 7) is 2.39. The van der Waals surface area contributed by atoms with Gasteiger partial charge in [-0.05, 0) is 74.1 Å². The van der Waals surface area contributed by atoms with Crippen LogP contribution in [0.4, 0.5) is 36.3 Å². The van der Waals surface area contributed by atoms with E-state index in [4.69, 9.17) is 0 Å². The third-order valence-corrected chi connectivity index (χ3v) is 8.23. The van der Waals surface area contributed by atoms with E-state index in [9.17, 15) is 18.3 Å². The van der Waals surface area contributed by atoms with Crippen molar-refractivity contribution in [2.45, 2.75) is 49.9 Å². The van der Waals surface area contributed by atoms with Gasteiger partial charge in [0.05, 0.1) is 11.2 Å². The van der Waals surface area contributed by atoms with Crippen molar-refractivity contribution in [3.05, 3.63) is 36.0 Å². The van der Waals surface area contributed by atoms with E-state index in [1.807, 2.05) is 0 Å². The Hall–Kier alpha value is -2.59. The smallest absolute Gasteiger partial charge is 0.390 e. The van der Waals surface area contributed by atoms with Gasteiger partial charge in [0.2, 0.25) is 5.95 Å². The zero-order valence-electron chi connectivity index (χ0n) is 19.5. The Kier molecular flexibility index (Phi) is 5.56. The number of nitrogens with zero attached hydrogens (tertiary/aromatic N) is 3. The van der Waals surface area contributed by atoms with Crippen LogP contribution in [0.3, 0.4) is 0 Å². The van der Waals surface area contributed by atoms with Crippen LogP contribution in [-0.2, 0) is 6.18 Å². The van der Waals surface area contributed by atoms with E-state index in [-0.39, 0.29) is 17.7 Å². The van der Waals surface area contributed by atoms with E-state index in [0.29, 0.717) is 55.4 Å². The highest BCUT2D eigenvalue weighted by Gasteiger charge is 2.54. The van der Waals surface area contributed by atoms with Crippen molar-refractivity contribution in [1.82, 2.24) is 15.3 Å². The Labute approximate surface area is 202 Å². The largest absolute Gasteiger partial charge is 0.418 e. The van der Waals surface area contributed by atoms with Crippen LogP contribution in [0.2, 0.25) is 0 Å². The van der Waals surface area contributed by atoms with Gasteiger partial charge < -0.3 is 26.0 Å². The number of piperazine rings is 1. The first-order chi connectivity index (χ1) is 16.8. The third-order valence-electron chi connectivity index (χ3n) is 8.23. The predicted octanol–water partition coefficient (Wildman–Crippen LogP) is 4.00. The molecule has 2 heterocycles. The second-order valence-electron chi connectivity index (χ2n) is 10.7. The molecule has 1 aliphatic heterocycles. The first kappa shape index (κ1) is 22.8. The SMILES string of the molecule is OC12CC3CC(C1)C(Nc1ccnc(Nc4ccc(N5CCNCC5)c(C(F)(F)F)c4)n1)C(C3)C2. The van der Waals surface area contributed by atoms with Gasteiger partial charge in [0.25, 0.3) is 0 Å². The lowest BCUT2D eigenvalue weighted by atomic mass is 9.52. The van der Waals surface area contributed by atoms with E-state index in [2.05, 4.69) is 25.9 Å². The molecule has 7 nitrogen and oxygen atoms in total. The van der Waals surface area contributed by atoms with Gasteiger partial charge in [0, 0.05) is 49.8 Å². The fourth-order valence-electron chi connectivity index (χ4n) is 7.04. The molecule has 1 saturated heterocycles. The molecule has 35 heavy (non-hydrogen) atoms. The molecule has 10 heteroatoms. The van der Waals surface area contributed by atoms with Crippen molar-refractivity contribution in [3.8, 4) is 0 Å². The van der Waals surface area contributed by atoms with Crippen LogP contribution in [0, 0.1) is 17.8 Å². The average molecular weight is 489 g/mol. The van der Waals surface area contributed by atoms with Gasteiger partial charge in [-0.25, -0.2) is 4.98 Å². The van der Waals surface area contributed by atoms with E-state index in [1.54, 1.807) is 23.2 Å². The van der Waals surface area contributed by atoms with Crippen LogP contribution in [0.1, 0.15) is 37.7 Å². The number of rotatable bonds is 5. The summed E-state index contributed by atoms with van der Waals surface area (Å²) in [4.78, 5) is 10.5. The fraction of sp³-hybridized carbons (Fsp3) is 0.600. The number of hydrogen-bond acceptors (Lipinski definition) is 7. The van der Waals surface area contributed by atoms with Gasteiger partial charge in [0.1, 0.15) is 5.82 Å².